The summed E-state index contributed by atoms with van der Waals surface area (Å²) in [5.74, 6) is -0.870. The van der Waals surface area contributed by atoms with E-state index in [0.717, 1.165) is 6.07 Å². The van der Waals surface area contributed by atoms with Crippen molar-refractivity contribution in [2.75, 3.05) is 0 Å². The standard InChI is InChI=1S/C8H6FNO3/c9-5-3-1-2-4-6(5)13-8(12)10-7(4)11/h1-3,7,11H,(H,10,12)/t7-/m0/s1. The minimum Gasteiger partial charge on any atom is -0.407 e. The molecule has 1 aromatic carbocycles. The quantitative estimate of drug-likeness (QED) is 0.628. The van der Waals surface area contributed by atoms with Gasteiger partial charge in [0.05, 0.1) is 0 Å². The van der Waals surface area contributed by atoms with Crippen LogP contribution < -0.4 is 10.1 Å². The van der Waals surface area contributed by atoms with Gasteiger partial charge in [0.2, 0.25) is 0 Å². The number of ether oxygens (including phenoxy) is 1. The van der Waals surface area contributed by atoms with Crippen LogP contribution in [0.25, 0.3) is 0 Å². The van der Waals surface area contributed by atoms with Crippen LogP contribution in [-0.2, 0) is 0 Å². The van der Waals surface area contributed by atoms with Crippen LogP contribution in [-0.4, -0.2) is 11.2 Å². The summed E-state index contributed by atoms with van der Waals surface area (Å²) in [7, 11) is 0. The number of rotatable bonds is 0. The topological polar surface area (TPSA) is 58.6 Å². The number of hydrogen-bond acceptors (Lipinski definition) is 3. The zero-order valence-electron chi connectivity index (χ0n) is 6.45. The maximum absolute atomic E-state index is 13.0. The van der Waals surface area contributed by atoms with Crippen LogP contribution in [0.15, 0.2) is 18.2 Å². The molecule has 4 nitrogen and oxygen atoms in total. The minimum absolute atomic E-state index is 0.209. The Morgan fingerprint density at radius 1 is 1.54 bits per heavy atom. The van der Waals surface area contributed by atoms with Crippen LogP contribution in [0, 0.1) is 5.82 Å². The van der Waals surface area contributed by atoms with Gasteiger partial charge in [0.15, 0.2) is 17.8 Å². The molecule has 13 heavy (non-hydrogen) atoms. The van der Waals surface area contributed by atoms with Crippen molar-refractivity contribution in [2.45, 2.75) is 6.23 Å². The molecule has 0 fully saturated rings. The average Bonchev–Trinajstić information content (AvgIpc) is 2.07. The van der Waals surface area contributed by atoms with E-state index >= 15 is 0 Å². The molecule has 5 heteroatoms. The zero-order valence-corrected chi connectivity index (χ0v) is 6.45. The highest BCUT2D eigenvalue weighted by Gasteiger charge is 2.26. The highest BCUT2D eigenvalue weighted by atomic mass is 19.1. The van der Waals surface area contributed by atoms with E-state index in [0.29, 0.717) is 0 Å². The van der Waals surface area contributed by atoms with Gasteiger partial charge in [-0.25, -0.2) is 9.18 Å². The van der Waals surface area contributed by atoms with Gasteiger partial charge in [-0.05, 0) is 6.07 Å². The third kappa shape index (κ3) is 1.23. The SMILES string of the molecule is O=C1N[C@@H](O)c2cccc(F)c2O1. The number of benzene rings is 1. The van der Waals surface area contributed by atoms with Gasteiger partial charge in [-0.2, -0.15) is 0 Å². The molecule has 1 aliphatic rings. The molecule has 0 spiro atoms. The van der Waals surface area contributed by atoms with Crippen molar-refractivity contribution in [3.8, 4) is 5.75 Å². The Morgan fingerprint density at radius 2 is 2.31 bits per heavy atom. The van der Waals surface area contributed by atoms with Gasteiger partial charge in [-0.1, -0.05) is 12.1 Å². The summed E-state index contributed by atoms with van der Waals surface area (Å²) in [6.45, 7) is 0. The van der Waals surface area contributed by atoms with Crippen molar-refractivity contribution in [3.05, 3.63) is 29.6 Å². The Morgan fingerprint density at radius 3 is 3.08 bits per heavy atom. The maximum Gasteiger partial charge on any atom is 0.415 e. The average molecular weight is 183 g/mol. The van der Waals surface area contributed by atoms with Gasteiger partial charge in [0, 0.05) is 5.56 Å². The third-order valence-electron chi connectivity index (χ3n) is 1.74. The van der Waals surface area contributed by atoms with Gasteiger partial charge in [-0.15, -0.1) is 0 Å². The van der Waals surface area contributed by atoms with Crippen LogP contribution >= 0.6 is 0 Å². The lowest BCUT2D eigenvalue weighted by Crippen LogP contribution is -2.36. The second-order valence-corrected chi connectivity index (χ2v) is 2.59. The van der Waals surface area contributed by atoms with E-state index in [-0.39, 0.29) is 11.3 Å². The fraction of sp³-hybridized carbons (Fsp3) is 0.125. The summed E-state index contributed by atoms with van der Waals surface area (Å²) < 4.78 is 17.5. The zero-order chi connectivity index (χ0) is 9.42. The van der Waals surface area contributed by atoms with Gasteiger partial charge in [-0.3, -0.25) is 5.32 Å². The molecular formula is C8H6FNO3. The number of fused-ring (bicyclic) bond motifs is 1. The number of halogens is 1. The van der Waals surface area contributed by atoms with E-state index in [1.54, 1.807) is 0 Å². The Balaban J connectivity index is 2.54. The fourth-order valence-electron chi connectivity index (χ4n) is 1.16. The number of carbonyl (C=O) groups excluding carboxylic acids is 1. The summed E-state index contributed by atoms with van der Waals surface area (Å²) >= 11 is 0. The van der Waals surface area contributed by atoms with Crippen LogP contribution in [0.4, 0.5) is 9.18 Å². The Bertz CT molecular complexity index is 366. The minimum atomic E-state index is -1.20. The molecule has 68 valence electrons. The summed E-state index contributed by atoms with van der Waals surface area (Å²) in [5, 5.41) is 11.4. The lowest BCUT2D eigenvalue weighted by atomic mass is 10.1. The summed E-state index contributed by atoms with van der Waals surface area (Å²) in [5.41, 5.74) is 0.222. The number of aliphatic hydroxyl groups excluding tert-OH is 1. The first kappa shape index (κ1) is 8.00. The normalized spacial score (nSPS) is 20.2. The van der Waals surface area contributed by atoms with Crippen molar-refractivity contribution >= 4 is 6.09 Å². The molecule has 0 saturated carbocycles. The molecular weight excluding hydrogens is 177 g/mol. The van der Waals surface area contributed by atoms with E-state index in [2.05, 4.69) is 10.1 Å². The number of nitrogens with one attached hydrogen (secondary N) is 1. The molecule has 0 radical (unpaired) electrons. The van der Waals surface area contributed by atoms with Crippen molar-refractivity contribution < 1.29 is 19.0 Å². The van der Waals surface area contributed by atoms with Crippen LogP contribution in [0.5, 0.6) is 5.75 Å². The first-order valence-electron chi connectivity index (χ1n) is 3.63. The summed E-state index contributed by atoms with van der Waals surface area (Å²) in [6.07, 6.45) is -2.06. The smallest absolute Gasteiger partial charge is 0.407 e. The molecule has 0 saturated heterocycles. The number of carbonyl (C=O) groups is 1. The molecule has 0 unspecified atom stereocenters. The Labute approximate surface area is 72.9 Å². The first-order chi connectivity index (χ1) is 6.18. The number of hydrogen-bond donors (Lipinski definition) is 2. The molecule has 1 aliphatic heterocycles. The van der Waals surface area contributed by atoms with Crippen molar-refractivity contribution in [2.24, 2.45) is 0 Å². The molecule has 2 N–H and O–H groups in total. The Kier molecular flexibility index (Phi) is 1.66. The van der Waals surface area contributed by atoms with Gasteiger partial charge in [0.25, 0.3) is 0 Å². The highest BCUT2D eigenvalue weighted by molar-refractivity contribution is 5.73. The van der Waals surface area contributed by atoms with Crippen molar-refractivity contribution in [3.63, 3.8) is 0 Å². The Hall–Kier alpha value is -1.62. The third-order valence-corrected chi connectivity index (χ3v) is 1.74. The van der Waals surface area contributed by atoms with Gasteiger partial charge < -0.3 is 9.84 Å². The number of aliphatic hydroxyl groups is 1. The monoisotopic (exact) mass is 183 g/mol. The van der Waals surface area contributed by atoms with E-state index in [9.17, 15) is 14.3 Å². The highest BCUT2D eigenvalue weighted by Crippen LogP contribution is 2.29. The largest absolute Gasteiger partial charge is 0.415 e. The predicted octanol–water partition coefficient (Wildman–Crippen LogP) is 0.919. The lowest BCUT2D eigenvalue weighted by molar-refractivity contribution is 0.107. The van der Waals surface area contributed by atoms with Gasteiger partial charge >= 0.3 is 6.09 Å². The molecule has 1 heterocycles. The van der Waals surface area contributed by atoms with Crippen LogP contribution in [0.3, 0.4) is 0 Å². The van der Waals surface area contributed by atoms with Crippen LogP contribution in [0.2, 0.25) is 0 Å². The fourth-order valence-corrected chi connectivity index (χ4v) is 1.16. The van der Waals surface area contributed by atoms with E-state index in [4.69, 9.17) is 0 Å². The summed E-state index contributed by atoms with van der Waals surface area (Å²) in [4.78, 5) is 10.7. The van der Waals surface area contributed by atoms with Gasteiger partial charge in [0.1, 0.15) is 0 Å². The second-order valence-electron chi connectivity index (χ2n) is 2.59. The van der Waals surface area contributed by atoms with Crippen LogP contribution in [0.1, 0.15) is 11.8 Å². The molecule has 1 aromatic rings. The summed E-state index contributed by atoms with van der Waals surface area (Å²) in [6, 6.07) is 4.06. The first-order valence-corrected chi connectivity index (χ1v) is 3.63. The number of para-hydroxylation sites is 1. The van der Waals surface area contributed by atoms with Crippen molar-refractivity contribution in [1.29, 1.82) is 0 Å². The maximum atomic E-state index is 13.0. The van der Waals surface area contributed by atoms with E-state index in [1.807, 2.05) is 0 Å². The van der Waals surface area contributed by atoms with E-state index < -0.39 is 18.1 Å². The molecule has 0 aliphatic carbocycles. The predicted molar refractivity (Wildman–Crippen MR) is 40.5 cm³/mol. The van der Waals surface area contributed by atoms with Crippen molar-refractivity contribution in [1.82, 2.24) is 5.32 Å². The lowest BCUT2D eigenvalue weighted by Gasteiger charge is -2.21. The molecule has 1 atom stereocenters. The molecule has 0 aromatic heterocycles. The molecule has 2 rings (SSSR count). The molecule has 0 bridgehead atoms. The second kappa shape index (κ2) is 2.70. The number of amides is 1. The van der Waals surface area contributed by atoms with E-state index in [1.165, 1.54) is 12.1 Å². The molecule has 1 amide bonds.